The van der Waals surface area contributed by atoms with Crippen molar-refractivity contribution in [2.45, 2.75) is 13.3 Å². The summed E-state index contributed by atoms with van der Waals surface area (Å²) in [6.07, 6.45) is 6.23. The lowest BCUT2D eigenvalue weighted by Gasteiger charge is -2.17. The van der Waals surface area contributed by atoms with Crippen molar-refractivity contribution in [1.82, 2.24) is 15.0 Å². The fourth-order valence-electron chi connectivity index (χ4n) is 2.48. The predicted molar refractivity (Wildman–Crippen MR) is 103 cm³/mol. The highest BCUT2D eigenvalue weighted by atomic mass is 16.1. The van der Waals surface area contributed by atoms with Gasteiger partial charge in [0.05, 0.1) is 0 Å². The van der Waals surface area contributed by atoms with Crippen LogP contribution in [0.1, 0.15) is 22.8 Å². The van der Waals surface area contributed by atoms with Crippen molar-refractivity contribution in [2.75, 3.05) is 23.8 Å². The number of ketones is 1. The standard InChI is InChI=1S/C20H21N5O/c1-15(26)17-3-5-18(6-4-17)23-19-9-13-22-20(24-19)25(2)14-10-16-7-11-21-12-8-16/h3-9,11-13H,10,14H2,1-2H3,(H,22,23,24). The van der Waals surface area contributed by atoms with Crippen LogP contribution in [-0.4, -0.2) is 34.3 Å². The van der Waals surface area contributed by atoms with Crippen LogP contribution in [0.4, 0.5) is 17.5 Å². The quantitative estimate of drug-likeness (QED) is 0.660. The molecule has 2 heterocycles. The average Bonchev–Trinajstić information content (AvgIpc) is 2.67. The van der Waals surface area contributed by atoms with Crippen molar-refractivity contribution in [3.05, 3.63) is 72.2 Å². The molecule has 6 nitrogen and oxygen atoms in total. The highest BCUT2D eigenvalue weighted by molar-refractivity contribution is 5.94. The van der Waals surface area contributed by atoms with Crippen LogP contribution in [-0.2, 0) is 6.42 Å². The minimum atomic E-state index is 0.0525. The summed E-state index contributed by atoms with van der Waals surface area (Å²) in [7, 11) is 1.97. The molecule has 0 aliphatic heterocycles. The Bertz CT molecular complexity index is 865. The normalized spacial score (nSPS) is 10.4. The molecule has 0 aliphatic rings. The van der Waals surface area contributed by atoms with Crippen LogP contribution in [0.3, 0.4) is 0 Å². The molecule has 0 saturated carbocycles. The molecule has 0 fully saturated rings. The number of nitrogens with zero attached hydrogens (tertiary/aromatic N) is 4. The van der Waals surface area contributed by atoms with Crippen molar-refractivity contribution in [1.29, 1.82) is 0 Å². The number of pyridine rings is 1. The van der Waals surface area contributed by atoms with Gasteiger partial charge in [0.1, 0.15) is 5.82 Å². The van der Waals surface area contributed by atoms with E-state index in [0.717, 1.165) is 18.7 Å². The third-order valence-electron chi connectivity index (χ3n) is 4.03. The number of anilines is 3. The van der Waals surface area contributed by atoms with E-state index < -0.39 is 0 Å². The maximum Gasteiger partial charge on any atom is 0.227 e. The van der Waals surface area contributed by atoms with E-state index >= 15 is 0 Å². The van der Waals surface area contributed by atoms with Crippen molar-refractivity contribution in [3.8, 4) is 0 Å². The van der Waals surface area contributed by atoms with Gasteiger partial charge in [-0.2, -0.15) is 4.98 Å². The van der Waals surface area contributed by atoms with Crippen LogP contribution in [0.5, 0.6) is 0 Å². The molecule has 1 aromatic carbocycles. The zero-order chi connectivity index (χ0) is 18.4. The molecule has 3 rings (SSSR count). The Morgan fingerprint density at radius 2 is 1.77 bits per heavy atom. The number of benzene rings is 1. The first kappa shape index (κ1) is 17.5. The fourth-order valence-corrected chi connectivity index (χ4v) is 2.48. The Hall–Kier alpha value is -3.28. The molecule has 6 heteroatoms. The average molecular weight is 347 g/mol. The lowest BCUT2D eigenvalue weighted by Crippen LogP contribution is -2.22. The van der Waals surface area contributed by atoms with Crippen LogP contribution < -0.4 is 10.2 Å². The number of rotatable bonds is 7. The SMILES string of the molecule is CC(=O)c1ccc(Nc2ccnc(N(C)CCc3ccncc3)n2)cc1. The van der Waals surface area contributed by atoms with E-state index in [0.29, 0.717) is 17.3 Å². The first-order chi connectivity index (χ1) is 12.6. The van der Waals surface area contributed by atoms with E-state index in [-0.39, 0.29) is 5.78 Å². The van der Waals surface area contributed by atoms with E-state index in [1.165, 1.54) is 5.56 Å². The van der Waals surface area contributed by atoms with Crippen LogP contribution in [0, 0.1) is 0 Å². The topological polar surface area (TPSA) is 71.0 Å². The number of Topliss-reactive ketones (excluding diaryl/α,β-unsaturated/α-hetero) is 1. The van der Waals surface area contributed by atoms with E-state index in [4.69, 9.17) is 0 Å². The molecule has 0 atom stereocenters. The van der Waals surface area contributed by atoms with Gasteiger partial charge in [-0.1, -0.05) is 0 Å². The van der Waals surface area contributed by atoms with Crippen LogP contribution >= 0.6 is 0 Å². The van der Waals surface area contributed by atoms with E-state index in [1.807, 2.05) is 42.3 Å². The van der Waals surface area contributed by atoms with Crippen LogP contribution in [0.2, 0.25) is 0 Å². The minimum absolute atomic E-state index is 0.0525. The number of carbonyl (C=O) groups is 1. The Morgan fingerprint density at radius 1 is 1.04 bits per heavy atom. The summed E-state index contributed by atoms with van der Waals surface area (Å²) >= 11 is 0. The second-order valence-corrected chi connectivity index (χ2v) is 6.03. The monoisotopic (exact) mass is 347 g/mol. The number of aromatic nitrogens is 3. The molecular formula is C20H21N5O. The maximum absolute atomic E-state index is 11.3. The van der Waals surface area contributed by atoms with Gasteiger partial charge in [-0.15, -0.1) is 0 Å². The molecule has 1 N–H and O–H groups in total. The Labute approximate surface area is 153 Å². The van der Waals surface area contributed by atoms with E-state index in [2.05, 4.69) is 20.3 Å². The molecule has 0 amide bonds. The third kappa shape index (κ3) is 4.63. The Balaban J connectivity index is 1.64. The van der Waals surface area contributed by atoms with Crippen molar-refractivity contribution < 1.29 is 4.79 Å². The van der Waals surface area contributed by atoms with Gasteiger partial charge < -0.3 is 10.2 Å². The molecule has 0 radical (unpaired) electrons. The minimum Gasteiger partial charge on any atom is -0.343 e. The molecular weight excluding hydrogens is 326 g/mol. The number of likely N-dealkylation sites (N-methyl/N-ethyl adjacent to an activating group) is 1. The second-order valence-electron chi connectivity index (χ2n) is 6.03. The van der Waals surface area contributed by atoms with Crippen LogP contribution in [0.25, 0.3) is 0 Å². The van der Waals surface area contributed by atoms with Gasteiger partial charge >= 0.3 is 0 Å². The van der Waals surface area contributed by atoms with Gasteiger partial charge in [-0.05, 0) is 61.4 Å². The summed E-state index contributed by atoms with van der Waals surface area (Å²) in [6.45, 7) is 2.36. The molecule has 0 unspecified atom stereocenters. The number of carbonyl (C=O) groups excluding carboxylic acids is 1. The van der Waals surface area contributed by atoms with Crippen molar-refractivity contribution >= 4 is 23.2 Å². The molecule has 2 aromatic heterocycles. The van der Waals surface area contributed by atoms with Gasteiger partial charge in [0.25, 0.3) is 0 Å². The summed E-state index contributed by atoms with van der Waals surface area (Å²) in [6, 6.07) is 13.2. The van der Waals surface area contributed by atoms with Crippen molar-refractivity contribution in [2.24, 2.45) is 0 Å². The summed E-state index contributed by atoms with van der Waals surface area (Å²) in [5.41, 5.74) is 2.79. The molecule has 3 aromatic rings. The van der Waals surface area contributed by atoms with Gasteiger partial charge in [0.15, 0.2) is 5.78 Å². The molecule has 0 spiro atoms. The fraction of sp³-hybridized carbons (Fsp3) is 0.200. The highest BCUT2D eigenvalue weighted by Crippen LogP contribution is 2.17. The number of hydrogen-bond donors (Lipinski definition) is 1. The zero-order valence-electron chi connectivity index (χ0n) is 14.9. The zero-order valence-corrected chi connectivity index (χ0v) is 14.9. The molecule has 26 heavy (non-hydrogen) atoms. The lowest BCUT2D eigenvalue weighted by molar-refractivity contribution is 0.101. The maximum atomic E-state index is 11.3. The van der Waals surface area contributed by atoms with Crippen molar-refractivity contribution in [3.63, 3.8) is 0 Å². The highest BCUT2D eigenvalue weighted by Gasteiger charge is 2.06. The Kier molecular flexibility index (Phi) is 5.53. The molecule has 0 bridgehead atoms. The third-order valence-corrected chi connectivity index (χ3v) is 4.03. The van der Waals surface area contributed by atoms with E-state index in [9.17, 15) is 4.79 Å². The lowest BCUT2D eigenvalue weighted by atomic mass is 10.1. The van der Waals surface area contributed by atoms with Gasteiger partial charge in [0, 0.05) is 43.4 Å². The molecule has 0 saturated heterocycles. The second kappa shape index (κ2) is 8.20. The first-order valence-electron chi connectivity index (χ1n) is 8.43. The largest absolute Gasteiger partial charge is 0.343 e. The van der Waals surface area contributed by atoms with Crippen LogP contribution in [0.15, 0.2) is 61.1 Å². The van der Waals surface area contributed by atoms with Gasteiger partial charge in [0.2, 0.25) is 5.95 Å². The summed E-state index contributed by atoms with van der Waals surface area (Å²) in [4.78, 5) is 26.3. The molecule has 0 aliphatic carbocycles. The summed E-state index contributed by atoms with van der Waals surface area (Å²) < 4.78 is 0. The van der Waals surface area contributed by atoms with E-state index in [1.54, 1.807) is 37.6 Å². The smallest absolute Gasteiger partial charge is 0.227 e. The number of nitrogens with one attached hydrogen (secondary N) is 1. The van der Waals surface area contributed by atoms with Gasteiger partial charge in [-0.25, -0.2) is 4.98 Å². The number of hydrogen-bond acceptors (Lipinski definition) is 6. The summed E-state index contributed by atoms with van der Waals surface area (Å²) in [5, 5.41) is 3.24. The summed E-state index contributed by atoms with van der Waals surface area (Å²) in [5.74, 6) is 1.42. The van der Waals surface area contributed by atoms with Gasteiger partial charge in [-0.3, -0.25) is 9.78 Å². The predicted octanol–water partition coefficient (Wildman–Crippen LogP) is 3.50. The first-order valence-corrected chi connectivity index (χ1v) is 8.43. The Morgan fingerprint density at radius 3 is 2.46 bits per heavy atom. The molecule has 132 valence electrons.